The van der Waals surface area contributed by atoms with Crippen LogP contribution >= 0.6 is 0 Å². The molecule has 0 spiro atoms. The largest absolute Gasteiger partial charge is 0.465 e. The number of aromatic nitrogens is 3. The van der Waals surface area contributed by atoms with E-state index in [1.165, 1.54) is 4.90 Å². The molecule has 1 atom stereocenters. The van der Waals surface area contributed by atoms with Crippen molar-refractivity contribution in [1.82, 2.24) is 19.9 Å². The second-order valence-corrected chi connectivity index (χ2v) is 6.95. The Bertz CT molecular complexity index is 794. The Balaban J connectivity index is 2.25. The minimum absolute atomic E-state index is 0.219. The van der Waals surface area contributed by atoms with Gasteiger partial charge in [0, 0.05) is 24.8 Å². The van der Waals surface area contributed by atoms with Crippen molar-refractivity contribution in [3.63, 3.8) is 0 Å². The molecular formula is C20H32N6O2. The summed E-state index contributed by atoms with van der Waals surface area (Å²) in [6.45, 7) is 13.6. The zero-order valence-corrected chi connectivity index (χ0v) is 17.6. The van der Waals surface area contributed by atoms with E-state index in [-0.39, 0.29) is 6.04 Å². The van der Waals surface area contributed by atoms with Crippen LogP contribution in [-0.2, 0) is 0 Å². The lowest BCUT2D eigenvalue weighted by Gasteiger charge is -2.22. The number of pyridine rings is 1. The van der Waals surface area contributed by atoms with Gasteiger partial charge >= 0.3 is 6.09 Å². The van der Waals surface area contributed by atoms with Gasteiger partial charge in [-0.1, -0.05) is 13.8 Å². The van der Waals surface area contributed by atoms with E-state index in [4.69, 9.17) is 0 Å². The molecule has 0 saturated carbocycles. The van der Waals surface area contributed by atoms with E-state index in [2.05, 4.69) is 45.9 Å². The molecule has 28 heavy (non-hydrogen) atoms. The molecular weight excluding hydrogens is 356 g/mol. The summed E-state index contributed by atoms with van der Waals surface area (Å²) >= 11 is 0. The summed E-state index contributed by atoms with van der Waals surface area (Å²) < 4.78 is 0. The van der Waals surface area contributed by atoms with E-state index >= 15 is 0 Å². The van der Waals surface area contributed by atoms with Crippen LogP contribution in [0.3, 0.4) is 0 Å². The molecule has 0 bridgehead atoms. The third-order valence-corrected chi connectivity index (χ3v) is 4.86. The number of hydrogen-bond acceptors (Lipinski definition) is 6. The van der Waals surface area contributed by atoms with Gasteiger partial charge in [-0.3, -0.25) is 4.90 Å². The number of rotatable bonds is 10. The number of nitrogens with zero attached hydrogens (tertiary/aromatic N) is 5. The number of nitrogens with one attached hydrogen (secondary N) is 1. The van der Waals surface area contributed by atoms with Crippen LogP contribution in [0.15, 0.2) is 12.3 Å². The average molecular weight is 389 g/mol. The molecule has 0 aliphatic carbocycles. The molecule has 1 amide bonds. The van der Waals surface area contributed by atoms with Crippen molar-refractivity contribution in [1.29, 1.82) is 0 Å². The summed E-state index contributed by atoms with van der Waals surface area (Å²) in [6, 6.07) is 1.97. The van der Waals surface area contributed by atoms with Gasteiger partial charge in [-0.05, 0) is 53.2 Å². The number of hydrogen-bond donors (Lipinski definition) is 2. The number of anilines is 2. The van der Waals surface area contributed by atoms with Crippen LogP contribution < -0.4 is 10.2 Å². The summed E-state index contributed by atoms with van der Waals surface area (Å²) in [5.41, 5.74) is 2.62. The van der Waals surface area contributed by atoms with Gasteiger partial charge in [0.2, 0.25) is 0 Å². The molecule has 0 fully saturated rings. The van der Waals surface area contributed by atoms with Crippen LogP contribution in [0.25, 0.3) is 11.2 Å². The summed E-state index contributed by atoms with van der Waals surface area (Å²) in [5, 5.41) is 13.0. The van der Waals surface area contributed by atoms with E-state index in [0.717, 1.165) is 43.9 Å². The highest BCUT2D eigenvalue weighted by Crippen LogP contribution is 2.26. The van der Waals surface area contributed by atoms with Crippen LogP contribution in [0.1, 0.15) is 46.2 Å². The van der Waals surface area contributed by atoms with Crippen molar-refractivity contribution < 1.29 is 9.90 Å². The molecule has 0 aliphatic heterocycles. The first kappa shape index (κ1) is 21.8. The molecule has 0 aliphatic rings. The molecule has 2 aromatic rings. The number of aryl methyl sites for hydroxylation is 1. The number of carboxylic acid groups (broad SMARTS) is 1. The third kappa shape index (κ3) is 5.51. The molecule has 2 heterocycles. The summed E-state index contributed by atoms with van der Waals surface area (Å²) in [5.74, 6) is 0.361. The van der Waals surface area contributed by atoms with Crippen molar-refractivity contribution in [2.45, 2.75) is 53.5 Å². The van der Waals surface area contributed by atoms with Gasteiger partial charge < -0.3 is 15.3 Å². The monoisotopic (exact) mass is 388 g/mol. The van der Waals surface area contributed by atoms with Gasteiger partial charge in [0.25, 0.3) is 0 Å². The lowest BCUT2D eigenvalue weighted by molar-refractivity contribution is 0.202. The number of carbonyl (C=O) groups is 1. The lowest BCUT2D eigenvalue weighted by atomic mass is 10.1. The first-order chi connectivity index (χ1) is 13.4. The minimum atomic E-state index is -1.03. The zero-order valence-electron chi connectivity index (χ0n) is 17.6. The number of fused-ring (bicyclic) bond motifs is 1. The fourth-order valence-corrected chi connectivity index (χ4v) is 3.21. The topological polar surface area (TPSA) is 94.5 Å². The highest BCUT2D eigenvalue weighted by atomic mass is 16.4. The van der Waals surface area contributed by atoms with Gasteiger partial charge in [-0.2, -0.15) is 0 Å². The molecule has 0 aromatic carbocycles. The van der Waals surface area contributed by atoms with Gasteiger partial charge in [0.1, 0.15) is 11.3 Å². The molecule has 1 unspecified atom stereocenters. The zero-order chi connectivity index (χ0) is 20.7. The molecule has 8 heteroatoms. The second-order valence-electron chi connectivity index (χ2n) is 6.95. The van der Waals surface area contributed by atoms with Crippen LogP contribution in [0.2, 0.25) is 0 Å². The van der Waals surface area contributed by atoms with Crippen molar-refractivity contribution >= 4 is 28.8 Å². The highest BCUT2D eigenvalue weighted by Gasteiger charge is 2.18. The van der Waals surface area contributed by atoms with Crippen LogP contribution in [0, 0.1) is 6.92 Å². The Labute approximate surface area is 167 Å². The van der Waals surface area contributed by atoms with Crippen LogP contribution in [0.4, 0.5) is 16.3 Å². The van der Waals surface area contributed by atoms with Gasteiger partial charge in [-0.25, -0.2) is 19.7 Å². The number of amides is 1. The van der Waals surface area contributed by atoms with E-state index in [0.29, 0.717) is 23.5 Å². The normalized spacial score (nSPS) is 12.4. The Kier molecular flexibility index (Phi) is 7.92. The molecule has 8 nitrogen and oxygen atoms in total. The average Bonchev–Trinajstić information content (AvgIpc) is 2.65. The maximum absolute atomic E-state index is 11.6. The second kappa shape index (κ2) is 10.2. The van der Waals surface area contributed by atoms with E-state index < -0.39 is 6.09 Å². The molecule has 2 rings (SSSR count). The molecule has 154 valence electrons. The standard InChI is InChI=1S/C20H32N6O2/c1-6-25(7-2)11-9-10-14(4)22-16-12-17(26(8-3)20(27)28)24-19-18(16)21-13-15(5)23-19/h12-14H,6-11H2,1-5H3,(H,27,28)(H,22,23,24). The van der Waals surface area contributed by atoms with Gasteiger partial charge in [0.05, 0.1) is 11.4 Å². The highest BCUT2D eigenvalue weighted by molar-refractivity contribution is 5.92. The van der Waals surface area contributed by atoms with Crippen molar-refractivity contribution in [3.05, 3.63) is 18.0 Å². The predicted octanol–water partition coefficient (Wildman–Crippen LogP) is 3.76. The van der Waals surface area contributed by atoms with Gasteiger partial charge in [0.15, 0.2) is 5.65 Å². The first-order valence-corrected chi connectivity index (χ1v) is 10.0. The minimum Gasteiger partial charge on any atom is -0.465 e. The predicted molar refractivity (Wildman–Crippen MR) is 113 cm³/mol. The lowest BCUT2D eigenvalue weighted by Crippen LogP contribution is -2.30. The van der Waals surface area contributed by atoms with Crippen molar-refractivity contribution in [2.75, 3.05) is 36.4 Å². The van der Waals surface area contributed by atoms with E-state index in [1.54, 1.807) is 19.2 Å². The molecule has 0 radical (unpaired) electrons. The molecule has 2 aromatic heterocycles. The smallest absolute Gasteiger partial charge is 0.413 e. The first-order valence-electron chi connectivity index (χ1n) is 10.0. The third-order valence-electron chi connectivity index (χ3n) is 4.86. The van der Waals surface area contributed by atoms with Gasteiger partial charge in [-0.15, -0.1) is 0 Å². The van der Waals surface area contributed by atoms with Crippen molar-refractivity contribution in [2.24, 2.45) is 0 Å². The summed E-state index contributed by atoms with van der Waals surface area (Å²) in [4.78, 5) is 28.5. The maximum atomic E-state index is 11.6. The van der Waals surface area contributed by atoms with Crippen molar-refractivity contribution in [3.8, 4) is 0 Å². The Morgan fingerprint density at radius 1 is 1.21 bits per heavy atom. The van der Waals surface area contributed by atoms with Crippen LogP contribution in [-0.4, -0.2) is 63.3 Å². The Hall–Kier alpha value is -2.48. The molecule has 2 N–H and O–H groups in total. The Morgan fingerprint density at radius 2 is 1.93 bits per heavy atom. The van der Waals surface area contributed by atoms with Crippen LogP contribution in [0.5, 0.6) is 0 Å². The maximum Gasteiger partial charge on any atom is 0.413 e. The van der Waals surface area contributed by atoms with E-state index in [9.17, 15) is 9.90 Å². The SMILES string of the molecule is CCN(CC)CCCC(C)Nc1cc(N(CC)C(=O)O)nc2nc(C)cnc12. The van der Waals surface area contributed by atoms with E-state index in [1.807, 2.05) is 6.92 Å². The fraction of sp³-hybridized carbons (Fsp3) is 0.600. The quantitative estimate of drug-likeness (QED) is 0.640. The molecule has 0 saturated heterocycles. The Morgan fingerprint density at radius 3 is 2.54 bits per heavy atom. The summed E-state index contributed by atoms with van der Waals surface area (Å²) in [6.07, 6.45) is 2.76. The summed E-state index contributed by atoms with van der Waals surface area (Å²) in [7, 11) is 0. The fourth-order valence-electron chi connectivity index (χ4n) is 3.21.